The van der Waals surface area contributed by atoms with Gasteiger partial charge in [0.05, 0.1) is 6.04 Å². The van der Waals surface area contributed by atoms with Gasteiger partial charge < -0.3 is 0 Å². The molecule has 13 heavy (non-hydrogen) atoms. The van der Waals surface area contributed by atoms with Gasteiger partial charge in [-0.15, -0.1) is 0 Å². The highest BCUT2D eigenvalue weighted by molar-refractivity contribution is 5.15. The van der Waals surface area contributed by atoms with E-state index in [2.05, 4.69) is 21.7 Å². The molecule has 3 heteroatoms. The molecule has 2 bridgehead atoms. The Hall–Kier alpha value is -0.860. The lowest BCUT2D eigenvalue weighted by atomic mass is 9.70. The molecule has 70 valence electrons. The highest BCUT2D eigenvalue weighted by atomic mass is 15.4. The third-order valence-electron chi connectivity index (χ3n) is 3.68. The highest BCUT2D eigenvalue weighted by Crippen LogP contribution is 2.47. The van der Waals surface area contributed by atoms with E-state index in [9.17, 15) is 0 Å². The van der Waals surface area contributed by atoms with Crippen molar-refractivity contribution in [3.05, 3.63) is 11.6 Å². The fraction of sp³-hybridized carbons (Fsp3) is 0.800. The Morgan fingerprint density at radius 3 is 2.69 bits per heavy atom. The molecule has 0 spiro atoms. The molecular formula is C10H15N3. The van der Waals surface area contributed by atoms with Gasteiger partial charge in [0.15, 0.2) is 0 Å². The second-order valence-electron chi connectivity index (χ2n) is 4.72. The van der Waals surface area contributed by atoms with Crippen LogP contribution in [-0.4, -0.2) is 14.8 Å². The maximum absolute atomic E-state index is 4.56. The van der Waals surface area contributed by atoms with E-state index in [1.165, 1.54) is 31.5 Å². The van der Waals surface area contributed by atoms with E-state index >= 15 is 0 Å². The molecule has 0 radical (unpaired) electrons. The molecule has 0 amide bonds. The topological polar surface area (TPSA) is 30.7 Å². The minimum atomic E-state index is 0.329. The largest absolute Gasteiger partial charge is 0.246 e. The van der Waals surface area contributed by atoms with Gasteiger partial charge in [-0.3, -0.25) is 0 Å². The first-order valence-corrected chi connectivity index (χ1v) is 5.13. The van der Waals surface area contributed by atoms with Crippen LogP contribution in [0.4, 0.5) is 0 Å². The first-order chi connectivity index (χ1) is 6.19. The van der Waals surface area contributed by atoms with Crippen molar-refractivity contribution < 1.29 is 0 Å². The zero-order valence-electron chi connectivity index (χ0n) is 8.25. The minimum absolute atomic E-state index is 0.329. The van der Waals surface area contributed by atoms with Gasteiger partial charge in [-0.2, -0.15) is 5.10 Å². The Balaban J connectivity index is 2.23. The van der Waals surface area contributed by atoms with Crippen LogP contribution >= 0.6 is 0 Å². The summed E-state index contributed by atoms with van der Waals surface area (Å²) in [6.07, 6.45) is 5.20. The number of hydrogen-bond donors (Lipinski definition) is 0. The predicted octanol–water partition coefficient (Wildman–Crippen LogP) is 1.97. The summed E-state index contributed by atoms with van der Waals surface area (Å²) >= 11 is 0. The molecule has 1 aliphatic carbocycles. The summed E-state index contributed by atoms with van der Waals surface area (Å²) < 4.78 is 2.18. The molecule has 0 atom stereocenters. The van der Waals surface area contributed by atoms with Crippen molar-refractivity contribution in [3.8, 4) is 0 Å². The maximum atomic E-state index is 4.56. The van der Waals surface area contributed by atoms with Crippen molar-refractivity contribution in [2.45, 2.75) is 51.0 Å². The third-order valence-corrected chi connectivity index (χ3v) is 3.68. The fourth-order valence-corrected chi connectivity index (χ4v) is 2.80. The molecule has 0 aromatic carbocycles. The highest BCUT2D eigenvalue weighted by Gasteiger charge is 2.43. The van der Waals surface area contributed by atoms with Crippen molar-refractivity contribution in [1.29, 1.82) is 0 Å². The number of fused-ring (bicyclic) bond motifs is 2. The van der Waals surface area contributed by atoms with Gasteiger partial charge >= 0.3 is 0 Å². The molecular weight excluding hydrogens is 162 g/mol. The number of aromatic nitrogens is 3. The minimum Gasteiger partial charge on any atom is -0.246 e. The van der Waals surface area contributed by atoms with E-state index in [1.807, 2.05) is 6.92 Å². The Morgan fingerprint density at radius 2 is 2.08 bits per heavy atom. The summed E-state index contributed by atoms with van der Waals surface area (Å²) in [4.78, 5) is 4.56. The van der Waals surface area contributed by atoms with Crippen LogP contribution in [0.15, 0.2) is 0 Å². The molecule has 3 nitrogen and oxygen atoms in total. The lowest BCUT2D eigenvalue weighted by Crippen LogP contribution is -2.40. The molecule has 2 aliphatic heterocycles. The summed E-state index contributed by atoms with van der Waals surface area (Å²) in [5, 5.41) is 4.48. The second kappa shape index (κ2) is 2.14. The van der Waals surface area contributed by atoms with Crippen LogP contribution < -0.4 is 0 Å². The molecule has 1 aromatic heterocycles. The number of rotatable bonds is 0. The maximum Gasteiger partial charge on any atom is 0.147 e. The first kappa shape index (κ1) is 7.54. The van der Waals surface area contributed by atoms with Crippen molar-refractivity contribution in [2.75, 3.05) is 0 Å². The number of aryl methyl sites for hydroxylation is 1. The molecule has 0 unspecified atom stereocenters. The zero-order chi connectivity index (χ0) is 9.05. The summed E-state index contributed by atoms with van der Waals surface area (Å²) in [6.45, 7) is 4.33. The lowest BCUT2D eigenvalue weighted by Gasteiger charge is -2.43. The van der Waals surface area contributed by atoms with Gasteiger partial charge in [-0.05, 0) is 32.6 Å². The molecule has 0 saturated heterocycles. The van der Waals surface area contributed by atoms with Crippen LogP contribution in [0.3, 0.4) is 0 Å². The average Bonchev–Trinajstić information content (AvgIpc) is 2.49. The van der Waals surface area contributed by atoms with Crippen LogP contribution in [0.25, 0.3) is 0 Å². The third kappa shape index (κ3) is 0.847. The Bertz CT molecular complexity index is 345. The smallest absolute Gasteiger partial charge is 0.147 e. The van der Waals surface area contributed by atoms with Crippen LogP contribution in [0, 0.1) is 6.92 Å². The number of hydrogen-bond acceptors (Lipinski definition) is 2. The van der Waals surface area contributed by atoms with Crippen LogP contribution in [0.2, 0.25) is 0 Å². The molecule has 1 fully saturated rings. The average molecular weight is 177 g/mol. The molecule has 3 aliphatic rings. The Labute approximate surface area is 78.2 Å². The monoisotopic (exact) mass is 177 g/mol. The quantitative estimate of drug-likeness (QED) is 0.606. The Morgan fingerprint density at radius 1 is 1.38 bits per heavy atom. The predicted molar refractivity (Wildman–Crippen MR) is 49.6 cm³/mol. The molecule has 3 heterocycles. The SMILES string of the molecule is Cc1nc2n(n1)C1CCC2(C)CC1. The zero-order valence-corrected chi connectivity index (χ0v) is 8.25. The van der Waals surface area contributed by atoms with Crippen molar-refractivity contribution in [1.82, 2.24) is 14.8 Å². The lowest BCUT2D eigenvalue weighted by molar-refractivity contribution is 0.164. The van der Waals surface area contributed by atoms with E-state index in [4.69, 9.17) is 0 Å². The van der Waals surface area contributed by atoms with Gasteiger partial charge in [0, 0.05) is 5.41 Å². The van der Waals surface area contributed by atoms with Gasteiger partial charge in [0.25, 0.3) is 0 Å². The first-order valence-electron chi connectivity index (χ1n) is 5.13. The van der Waals surface area contributed by atoms with E-state index in [1.54, 1.807) is 0 Å². The summed E-state index contributed by atoms with van der Waals surface area (Å²) in [6, 6.07) is 0.651. The summed E-state index contributed by atoms with van der Waals surface area (Å²) in [5.74, 6) is 2.18. The standard InChI is InChI=1S/C10H15N3/c1-7-11-9-10(2)5-3-8(4-6-10)13(9)12-7/h8H,3-6H2,1-2H3. The van der Waals surface area contributed by atoms with Crippen LogP contribution in [0.5, 0.6) is 0 Å². The summed E-state index contributed by atoms with van der Waals surface area (Å²) in [7, 11) is 0. The van der Waals surface area contributed by atoms with E-state index < -0.39 is 0 Å². The van der Waals surface area contributed by atoms with E-state index in [0.29, 0.717) is 11.5 Å². The Kier molecular flexibility index (Phi) is 1.24. The van der Waals surface area contributed by atoms with Crippen molar-refractivity contribution >= 4 is 0 Å². The van der Waals surface area contributed by atoms with Gasteiger partial charge in [0.2, 0.25) is 0 Å². The number of nitrogens with zero attached hydrogens (tertiary/aromatic N) is 3. The van der Waals surface area contributed by atoms with Crippen LogP contribution in [0.1, 0.15) is 50.3 Å². The van der Waals surface area contributed by atoms with E-state index in [0.717, 1.165) is 5.82 Å². The van der Waals surface area contributed by atoms with Crippen molar-refractivity contribution in [3.63, 3.8) is 0 Å². The molecule has 1 saturated carbocycles. The van der Waals surface area contributed by atoms with Crippen molar-refractivity contribution in [2.24, 2.45) is 0 Å². The van der Waals surface area contributed by atoms with Crippen LogP contribution in [-0.2, 0) is 5.41 Å². The fourth-order valence-electron chi connectivity index (χ4n) is 2.80. The summed E-state index contributed by atoms with van der Waals surface area (Å²) in [5.41, 5.74) is 0.329. The van der Waals surface area contributed by atoms with Gasteiger partial charge in [-0.25, -0.2) is 9.67 Å². The second-order valence-corrected chi connectivity index (χ2v) is 4.72. The van der Waals surface area contributed by atoms with E-state index in [-0.39, 0.29) is 0 Å². The molecule has 1 aromatic rings. The van der Waals surface area contributed by atoms with Gasteiger partial charge in [0.1, 0.15) is 11.6 Å². The molecule has 4 rings (SSSR count). The van der Waals surface area contributed by atoms with Gasteiger partial charge in [-0.1, -0.05) is 6.92 Å². The normalized spacial score (nSPS) is 36.3. The molecule has 0 N–H and O–H groups in total.